The summed E-state index contributed by atoms with van der Waals surface area (Å²) >= 11 is 0. The van der Waals surface area contributed by atoms with Gasteiger partial charge in [0.15, 0.2) is 0 Å². The highest BCUT2D eigenvalue weighted by Gasteiger charge is 2.65. The molecule has 4 saturated carbocycles. The van der Waals surface area contributed by atoms with E-state index in [9.17, 15) is 15.0 Å². The minimum absolute atomic E-state index is 0.176. The zero-order chi connectivity index (χ0) is 21.1. The number of nitrogens with two attached hydrogens (primary N) is 1. The number of carbonyl (C=O) groups is 1. The Morgan fingerprint density at radius 2 is 1.83 bits per heavy atom. The van der Waals surface area contributed by atoms with Crippen LogP contribution in [-0.4, -0.2) is 39.5 Å². The summed E-state index contributed by atoms with van der Waals surface area (Å²) in [4.78, 5) is 11.1. The predicted octanol–water partition coefficient (Wildman–Crippen LogP) is 3.42. The molecule has 0 amide bonds. The standard InChI is InChI=1S/C24H41NO4/c1-13(4-7-21(28)29)16-5-6-17-22-18(12-20(27)24(16,17)3)23(2)9-8-15(25)10-14(23)11-19(22)26/h13-20,22,26-27H,4-12,25H2,1-3H3,(H,28,29)/t13?,14-,15-,16+,17?,18?,19+,20-,22?,23-,24+/m0/s1. The summed E-state index contributed by atoms with van der Waals surface area (Å²) in [6, 6.07) is 0.251. The molecule has 5 nitrogen and oxygen atoms in total. The van der Waals surface area contributed by atoms with E-state index in [4.69, 9.17) is 10.8 Å². The molecule has 5 N–H and O–H groups in total. The van der Waals surface area contributed by atoms with Gasteiger partial charge in [-0.3, -0.25) is 4.79 Å². The summed E-state index contributed by atoms with van der Waals surface area (Å²) in [6.07, 6.45) is 7.09. The summed E-state index contributed by atoms with van der Waals surface area (Å²) < 4.78 is 0. The van der Waals surface area contributed by atoms with Crippen molar-refractivity contribution in [2.45, 2.75) is 96.8 Å². The molecular weight excluding hydrogens is 366 g/mol. The molecule has 5 heteroatoms. The van der Waals surface area contributed by atoms with Crippen LogP contribution >= 0.6 is 0 Å². The van der Waals surface area contributed by atoms with Crippen molar-refractivity contribution in [3.05, 3.63) is 0 Å². The third kappa shape index (κ3) is 3.27. The van der Waals surface area contributed by atoms with Gasteiger partial charge in [-0.15, -0.1) is 0 Å². The van der Waals surface area contributed by atoms with E-state index in [0.717, 1.165) is 44.9 Å². The fourth-order valence-electron chi connectivity index (χ4n) is 8.74. The van der Waals surface area contributed by atoms with Crippen LogP contribution in [0.3, 0.4) is 0 Å². The van der Waals surface area contributed by atoms with Gasteiger partial charge in [-0.25, -0.2) is 0 Å². The zero-order valence-corrected chi connectivity index (χ0v) is 18.4. The molecule has 0 heterocycles. The van der Waals surface area contributed by atoms with E-state index in [0.29, 0.717) is 30.1 Å². The summed E-state index contributed by atoms with van der Waals surface area (Å²) in [7, 11) is 0. The molecule has 0 aromatic heterocycles. The van der Waals surface area contributed by atoms with Crippen molar-refractivity contribution in [1.29, 1.82) is 0 Å². The second-order valence-corrected chi connectivity index (χ2v) is 11.5. The molecule has 0 bridgehead atoms. The molecule has 11 atom stereocenters. The summed E-state index contributed by atoms with van der Waals surface area (Å²) in [5.41, 5.74) is 6.24. The van der Waals surface area contributed by atoms with Crippen LogP contribution in [0.2, 0.25) is 0 Å². The number of aliphatic hydroxyl groups is 2. The highest BCUT2D eigenvalue weighted by Crippen LogP contribution is 2.68. The minimum atomic E-state index is -0.738. The van der Waals surface area contributed by atoms with Crippen molar-refractivity contribution in [1.82, 2.24) is 0 Å². The smallest absolute Gasteiger partial charge is 0.303 e. The Hall–Kier alpha value is -0.650. The van der Waals surface area contributed by atoms with Crippen LogP contribution in [0.25, 0.3) is 0 Å². The quantitative estimate of drug-likeness (QED) is 0.572. The van der Waals surface area contributed by atoms with Gasteiger partial charge in [-0.1, -0.05) is 20.8 Å². The zero-order valence-electron chi connectivity index (χ0n) is 18.4. The first-order valence-corrected chi connectivity index (χ1v) is 11.9. The molecule has 0 spiro atoms. The molecule has 0 aromatic carbocycles. The Labute approximate surface area is 175 Å². The third-order valence-electron chi connectivity index (χ3n) is 10.4. The number of carboxylic acids is 1. The largest absolute Gasteiger partial charge is 0.481 e. The number of aliphatic hydroxyl groups excluding tert-OH is 2. The first-order chi connectivity index (χ1) is 13.6. The molecule has 4 rings (SSSR count). The van der Waals surface area contributed by atoms with Crippen molar-refractivity contribution in [2.24, 2.45) is 52.1 Å². The van der Waals surface area contributed by atoms with Crippen LogP contribution in [0.1, 0.15) is 78.6 Å². The highest BCUT2D eigenvalue weighted by atomic mass is 16.4. The normalized spacial score (nSPS) is 52.9. The van der Waals surface area contributed by atoms with Crippen LogP contribution in [-0.2, 0) is 4.79 Å². The maximum atomic E-state index is 11.5. The average molecular weight is 408 g/mol. The minimum Gasteiger partial charge on any atom is -0.481 e. The maximum Gasteiger partial charge on any atom is 0.303 e. The monoisotopic (exact) mass is 407 g/mol. The topological polar surface area (TPSA) is 104 Å². The van der Waals surface area contributed by atoms with Crippen molar-refractivity contribution in [3.8, 4) is 0 Å². The van der Waals surface area contributed by atoms with Gasteiger partial charge in [0.05, 0.1) is 12.2 Å². The van der Waals surface area contributed by atoms with Gasteiger partial charge >= 0.3 is 5.97 Å². The van der Waals surface area contributed by atoms with E-state index in [2.05, 4.69) is 20.8 Å². The highest BCUT2D eigenvalue weighted by molar-refractivity contribution is 5.66. The van der Waals surface area contributed by atoms with Gasteiger partial charge in [0.25, 0.3) is 0 Å². The van der Waals surface area contributed by atoms with Gasteiger partial charge < -0.3 is 21.1 Å². The Morgan fingerprint density at radius 3 is 2.52 bits per heavy atom. The van der Waals surface area contributed by atoms with Crippen molar-refractivity contribution < 1.29 is 20.1 Å². The molecule has 4 aliphatic rings. The molecule has 0 saturated heterocycles. The van der Waals surface area contributed by atoms with E-state index in [-0.39, 0.29) is 47.3 Å². The number of rotatable bonds is 4. The van der Waals surface area contributed by atoms with E-state index in [1.807, 2.05) is 0 Å². The van der Waals surface area contributed by atoms with Crippen LogP contribution in [0.4, 0.5) is 0 Å². The first kappa shape index (κ1) is 21.6. The summed E-state index contributed by atoms with van der Waals surface area (Å²) in [5.74, 6) is 1.30. The number of hydrogen-bond acceptors (Lipinski definition) is 4. The fraction of sp³-hybridized carbons (Fsp3) is 0.958. The lowest BCUT2D eigenvalue weighted by Gasteiger charge is -2.63. The Balaban J connectivity index is 1.61. The maximum absolute atomic E-state index is 11.5. The van der Waals surface area contributed by atoms with Gasteiger partial charge in [-0.2, -0.15) is 0 Å². The molecule has 4 unspecified atom stereocenters. The summed E-state index contributed by atoms with van der Waals surface area (Å²) in [6.45, 7) is 6.81. The van der Waals surface area contributed by atoms with Crippen molar-refractivity contribution in [3.63, 3.8) is 0 Å². The third-order valence-corrected chi connectivity index (χ3v) is 10.4. The number of aliphatic carboxylic acids is 1. The van der Waals surface area contributed by atoms with Gasteiger partial charge in [-0.05, 0) is 97.7 Å². The molecule has 166 valence electrons. The molecule has 4 aliphatic carbocycles. The molecule has 0 aromatic rings. The molecular formula is C24H41NO4. The Kier molecular flexibility index (Phi) is 5.57. The Morgan fingerprint density at radius 1 is 1.10 bits per heavy atom. The Bertz CT molecular complexity index is 640. The van der Waals surface area contributed by atoms with Crippen LogP contribution in [0.5, 0.6) is 0 Å². The lowest BCUT2D eigenvalue weighted by atomic mass is 9.43. The van der Waals surface area contributed by atoms with Gasteiger partial charge in [0.1, 0.15) is 0 Å². The molecule has 0 aliphatic heterocycles. The second kappa shape index (κ2) is 7.49. The van der Waals surface area contributed by atoms with E-state index in [1.165, 1.54) is 0 Å². The lowest BCUT2D eigenvalue weighted by Crippen LogP contribution is -2.62. The van der Waals surface area contributed by atoms with Crippen molar-refractivity contribution >= 4 is 5.97 Å². The van der Waals surface area contributed by atoms with Gasteiger partial charge in [0.2, 0.25) is 0 Å². The van der Waals surface area contributed by atoms with E-state index < -0.39 is 5.97 Å². The first-order valence-electron chi connectivity index (χ1n) is 11.9. The van der Waals surface area contributed by atoms with E-state index in [1.54, 1.807) is 0 Å². The van der Waals surface area contributed by atoms with Gasteiger partial charge in [0, 0.05) is 12.5 Å². The fourth-order valence-corrected chi connectivity index (χ4v) is 8.74. The lowest BCUT2D eigenvalue weighted by molar-refractivity contribution is -0.202. The molecule has 4 fully saturated rings. The molecule has 0 radical (unpaired) electrons. The number of fused-ring (bicyclic) bond motifs is 5. The summed E-state index contributed by atoms with van der Waals surface area (Å²) in [5, 5.41) is 31.9. The second-order valence-electron chi connectivity index (χ2n) is 11.5. The SMILES string of the molecule is CC(CCC(=O)O)[C@H]1CCC2C3C(C[C@H](O)[C@@]21C)[C@@]1(C)CC[C@H](N)C[C@H]1C[C@H]3O. The molecule has 29 heavy (non-hydrogen) atoms. The predicted molar refractivity (Wildman–Crippen MR) is 112 cm³/mol. The number of hydrogen-bond donors (Lipinski definition) is 4. The number of carboxylic acid groups (broad SMARTS) is 1. The van der Waals surface area contributed by atoms with E-state index >= 15 is 0 Å². The van der Waals surface area contributed by atoms with Crippen LogP contribution < -0.4 is 5.73 Å². The van der Waals surface area contributed by atoms with Crippen LogP contribution in [0.15, 0.2) is 0 Å². The van der Waals surface area contributed by atoms with Crippen molar-refractivity contribution in [2.75, 3.05) is 0 Å². The average Bonchev–Trinajstić information content (AvgIpc) is 3.01. The van der Waals surface area contributed by atoms with Crippen LogP contribution in [0, 0.1) is 46.3 Å².